The molecule has 1 rings (SSSR count). The van der Waals surface area contributed by atoms with E-state index in [1.54, 1.807) is 0 Å². The molecule has 1 fully saturated rings. The molecule has 0 aromatic rings. The third-order valence-electron chi connectivity index (χ3n) is 1.59. The number of halogens is 3. The Morgan fingerprint density at radius 2 is 1.79 bits per heavy atom. The number of thioether (sulfide) groups is 1. The molecule has 3 N–H and O–H groups in total. The largest absolute Gasteiger partial charge is 0.446 e. The molecule has 14 heavy (non-hydrogen) atoms. The van der Waals surface area contributed by atoms with Crippen molar-refractivity contribution in [1.29, 1.82) is 0 Å². The Hall–Kier alpha value is -0.270. The molecule has 0 aromatic carbocycles. The van der Waals surface area contributed by atoms with E-state index in [9.17, 15) is 13.2 Å². The van der Waals surface area contributed by atoms with Crippen LogP contribution in [0, 0.1) is 0 Å². The van der Waals surface area contributed by atoms with Gasteiger partial charge in [0.1, 0.15) is 0 Å². The fourth-order valence-corrected chi connectivity index (χ4v) is 1.97. The SMILES string of the molecule is NNC1CCSCC1.O=CC(F)(F)F. The molecule has 0 amide bonds. The Morgan fingerprint density at radius 3 is 2.00 bits per heavy atom. The molecule has 1 aliphatic heterocycles. The average Bonchev–Trinajstić information content (AvgIpc) is 2.19. The summed E-state index contributed by atoms with van der Waals surface area (Å²) in [6.07, 6.45) is -3.23. The molecule has 0 aliphatic carbocycles. The van der Waals surface area contributed by atoms with Crippen LogP contribution < -0.4 is 11.3 Å². The summed E-state index contributed by atoms with van der Waals surface area (Å²) >= 11 is 2.02. The number of hydrogen-bond acceptors (Lipinski definition) is 4. The fourth-order valence-electron chi connectivity index (χ4n) is 0.864. The predicted molar refractivity (Wildman–Crippen MR) is 49.8 cm³/mol. The molecule has 0 unspecified atom stereocenters. The van der Waals surface area contributed by atoms with Gasteiger partial charge in [0.05, 0.1) is 0 Å². The molecule has 0 saturated carbocycles. The highest BCUT2D eigenvalue weighted by molar-refractivity contribution is 7.99. The molecule has 3 nitrogen and oxygen atoms in total. The van der Waals surface area contributed by atoms with Crippen molar-refractivity contribution in [1.82, 2.24) is 5.43 Å². The van der Waals surface area contributed by atoms with E-state index >= 15 is 0 Å². The summed E-state index contributed by atoms with van der Waals surface area (Å²) in [7, 11) is 0. The van der Waals surface area contributed by atoms with E-state index in [4.69, 9.17) is 10.6 Å². The molecule has 1 aliphatic rings. The minimum atomic E-state index is -4.64. The first-order chi connectivity index (χ1) is 6.49. The lowest BCUT2D eigenvalue weighted by Crippen LogP contribution is -2.37. The van der Waals surface area contributed by atoms with Gasteiger partial charge in [0, 0.05) is 6.04 Å². The highest BCUT2D eigenvalue weighted by Crippen LogP contribution is 2.15. The second-order valence-corrected chi connectivity index (χ2v) is 3.94. The smallest absolute Gasteiger partial charge is 0.293 e. The molecule has 0 bridgehead atoms. The summed E-state index contributed by atoms with van der Waals surface area (Å²) in [5.74, 6) is 7.79. The van der Waals surface area contributed by atoms with Crippen LogP contribution in [0.3, 0.4) is 0 Å². The van der Waals surface area contributed by atoms with E-state index < -0.39 is 12.5 Å². The Bertz CT molecular complexity index is 160. The van der Waals surface area contributed by atoms with Crippen LogP contribution >= 0.6 is 11.8 Å². The summed E-state index contributed by atoms with van der Waals surface area (Å²) in [6, 6.07) is 0.594. The van der Waals surface area contributed by atoms with Crippen LogP contribution in [0.2, 0.25) is 0 Å². The minimum absolute atomic E-state index is 0.594. The van der Waals surface area contributed by atoms with Gasteiger partial charge in [-0.05, 0) is 24.3 Å². The third-order valence-corrected chi connectivity index (χ3v) is 2.64. The quantitative estimate of drug-likeness (QED) is 0.402. The van der Waals surface area contributed by atoms with Gasteiger partial charge in [-0.2, -0.15) is 24.9 Å². The first-order valence-electron chi connectivity index (χ1n) is 4.06. The van der Waals surface area contributed by atoms with Crippen molar-refractivity contribution in [2.75, 3.05) is 11.5 Å². The van der Waals surface area contributed by atoms with Gasteiger partial charge in [-0.1, -0.05) is 0 Å². The maximum absolute atomic E-state index is 10.4. The molecular weight excluding hydrogens is 217 g/mol. The van der Waals surface area contributed by atoms with Crippen LogP contribution in [-0.2, 0) is 4.79 Å². The summed E-state index contributed by atoms with van der Waals surface area (Å²) in [5, 5.41) is 0. The Kier molecular flexibility index (Phi) is 6.94. The monoisotopic (exact) mass is 230 g/mol. The Balaban J connectivity index is 0.000000255. The van der Waals surface area contributed by atoms with Crippen molar-refractivity contribution < 1.29 is 18.0 Å². The number of hydrogen-bond donors (Lipinski definition) is 2. The molecule has 1 saturated heterocycles. The third kappa shape index (κ3) is 8.33. The van der Waals surface area contributed by atoms with E-state index in [2.05, 4.69) is 5.43 Å². The van der Waals surface area contributed by atoms with Crippen molar-refractivity contribution in [3.05, 3.63) is 0 Å². The molecular formula is C7H13F3N2OS. The number of alkyl halides is 3. The predicted octanol–water partition coefficient (Wildman–Crippen LogP) is 1.09. The number of rotatable bonds is 1. The highest BCUT2D eigenvalue weighted by Gasteiger charge is 2.24. The van der Waals surface area contributed by atoms with Crippen LogP contribution in [-0.4, -0.2) is 30.0 Å². The number of hydrazine groups is 1. The summed E-state index contributed by atoms with van der Waals surface area (Å²) in [4.78, 5) is 8.70. The number of nitrogens with one attached hydrogen (secondary N) is 1. The minimum Gasteiger partial charge on any atom is -0.293 e. The topological polar surface area (TPSA) is 55.1 Å². The average molecular weight is 230 g/mol. The first kappa shape index (κ1) is 13.7. The van der Waals surface area contributed by atoms with Crippen LogP contribution in [0.5, 0.6) is 0 Å². The van der Waals surface area contributed by atoms with Crippen LogP contribution in [0.1, 0.15) is 12.8 Å². The lowest BCUT2D eigenvalue weighted by atomic mass is 10.2. The lowest BCUT2D eigenvalue weighted by Gasteiger charge is -2.19. The van der Waals surface area contributed by atoms with Gasteiger partial charge < -0.3 is 0 Å². The molecule has 0 radical (unpaired) electrons. The number of carbonyl (C=O) groups is 1. The molecule has 1 heterocycles. The van der Waals surface area contributed by atoms with Crippen LogP contribution in [0.25, 0.3) is 0 Å². The second-order valence-electron chi connectivity index (χ2n) is 2.71. The van der Waals surface area contributed by atoms with Gasteiger partial charge in [-0.25, -0.2) is 0 Å². The maximum Gasteiger partial charge on any atom is 0.446 e. The zero-order valence-electron chi connectivity index (χ0n) is 7.51. The van der Waals surface area contributed by atoms with E-state index in [1.165, 1.54) is 24.3 Å². The lowest BCUT2D eigenvalue weighted by molar-refractivity contribution is -0.156. The summed E-state index contributed by atoms with van der Waals surface area (Å²) in [5.41, 5.74) is 2.79. The van der Waals surface area contributed by atoms with Gasteiger partial charge in [0.2, 0.25) is 6.29 Å². The van der Waals surface area contributed by atoms with Gasteiger partial charge >= 0.3 is 6.18 Å². The maximum atomic E-state index is 10.4. The summed E-state index contributed by atoms with van der Waals surface area (Å²) in [6.45, 7) is 0. The molecule has 84 valence electrons. The van der Waals surface area contributed by atoms with Gasteiger partial charge in [0.15, 0.2) is 0 Å². The van der Waals surface area contributed by atoms with Crippen LogP contribution in [0.15, 0.2) is 0 Å². The van der Waals surface area contributed by atoms with Crippen molar-refractivity contribution in [2.24, 2.45) is 5.84 Å². The molecule has 0 atom stereocenters. The normalized spacial score (nSPS) is 18.3. The van der Waals surface area contributed by atoms with Gasteiger partial charge in [-0.3, -0.25) is 16.1 Å². The van der Waals surface area contributed by atoms with E-state index in [1.807, 2.05) is 11.8 Å². The first-order valence-corrected chi connectivity index (χ1v) is 5.22. The van der Waals surface area contributed by atoms with Gasteiger partial charge in [0.25, 0.3) is 0 Å². The zero-order valence-corrected chi connectivity index (χ0v) is 8.33. The number of nitrogens with two attached hydrogens (primary N) is 1. The van der Waals surface area contributed by atoms with Gasteiger partial charge in [-0.15, -0.1) is 0 Å². The van der Waals surface area contributed by atoms with E-state index in [0.717, 1.165) is 0 Å². The number of aldehydes is 1. The van der Waals surface area contributed by atoms with Crippen molar-refractivity contribution >= 4 is 18.0 Å². The summed E-state index contributed by atoms with van der Waals surface area (Å²) < 4.78 is 31.2. The van der Waals surface area contributed by atoms with Crippen molar-refractivity contribution in [3.8, 4) is 0 Å². The second kappa shape index (κ2) is 7.08. The van der Waals surface area contributed by atoms with Crippen molar-refractivity contribution in [2.45, 2.75) is 25.1 Å². The fraction of sp³-hybridized carbons (Fsp3) is 0.857. The number of carbonyl (C=O) groups excluding carboxylic acids is 1. The van der Waals surface area contributed by atoms with Crippen LogP contribution in [0.4, 0.5) is 13.2 Å². The molecule has 0 aromatic heterocycles. The standard InChI is InChI=1S/C5H12N2S.C2HF3O/c6-7-5-1-3-8-4-2-5;3-2(4,5)1-6/h5,7H,1-4,6H2;1H. The zero-order chi connectivity index (χ0) is 11.0. The van der Waals surface area contributed by atoms with E-state index in [0.29, 0.717) is 6.04 Å². The highest BCUT2D eigenvalue weighted by atomic mass is 32.2. The molecule has 0 spiro atoms. The molecule has 7 heteroatoms. The Morgan fingerprint density at radius 1 is 1.36 bits per heavy atom. The van der Waals surface area contributed by atoms with Crippen molar-refractivity contribution in [3.63, 3.8) is 0 Å². The Labute approximate surface area is 84.6 Å². The van der Waals surface area contributed by atoms with E-state index in [-0.39, 0.29) is 0 Å².